The zero-order valence-corrected chi connectivity index (χ0v) is 4.99. The van der Waals surface area contributed by atoms with E-state index in [0.717, 1.165) is 0 Å². The molecule has 0 N–H and O–H groups in total. The monoisotopic (exact) mass is 138 g/mol. The van der Waals surface area contributed by atoms with Gasteiger partial charge in [0.25, 0.3) is 0 Å². The summed E-state index contributed by atoms with van der Waals surface area (Å²) in [6, 6.07) is 0. The highest BCUT2D eigenvalue weighted by Crippen LogP contribution is 2.25. The lowest BCUT2D eigenvalue weighted by Crippen LogP contribution is -2.25. The van der Waals surface area contributed by atoms with E-state index in [1.54, 1.807) is 0 Å². The molecular weight excluding hydrogens is 129 g/mol. The van der Waals surface area contributed by atoms with E-state index in [0.29, 0.717) is 0 Å². The minimum absolute atomic E-state index is 0.111. The molecule has 0 aromatic rings. The van der Waals surface area contributed by atoms with Gasteiger partial charge >= 0.3 is 0 Å². The molecular formula is C6H9F3. The van der Waals surface area contributed by atoms with Crippen molar-refractivity contribution in [2.45, 2.75) is 37.8 Å². The van der Waals surface area contributed by atoms with Crippen LogP contribution in [0.5, 0.6) is 0 Å². The minimum Gasteiger partial charge on any atom is -0.247 e. The molecule has 0 bridgehead atoms. The second kappa shape index (κ2) is 2.58. The van der Waals surface area contributed by atoms with Gasteiger partial charge in [-0.2, -0.15) is 0 Å². The second-order valence-corrected chi connectivity index (χ2v) is 2.50. The Bertz CT molecular complexity index is 69.3. The quantitative estimate of drug-likeness (QED) is 0.481. The van der Waals surface area contributed by atoms with Crippen LogP contribution in [0.15, 0.2) is 0 Å². The lowest BCUT2D eigenvalue weighted by molar-refractivity contribution is 0.0921. The molecule has 0 unspecified atom stereocenters. The van der Waals surface area contributed by atoms with Crippen molar-refractivity contribution in [3.8, 4) is 0 Å². The fourth-order valence-corrected chi connectivity index (χ4v) is 1.12. The Hall–Kier alpha value is -0.210. The molecule has 0 saturated heterocycles. The van der Waals surface area contributed by atoms with Crippen molar-refractivity contribution < 1.29 is 13.2 Å². The summed E-state index contributed by atoms with van der Waals surface area (Å²) < 4.78 is 36.6. The minimum atomic E-state index is -1.26. The van der Waals surface area contributed by atoms with Crippen LogP contribution >= 0.6 is 0 Å². The third-order valence-electron chi connectivity index (χ3n) is 1.53. The van der Waals surface area contributed by atoms with Crippen molar-refractivity contribution >= 4 is 0 Å². The molecule has 3 heteroatoms. The predicted octanol–water partition coefficient (Wildman–Crippen LogP) is 2.18. The first-order valence-corrected chi connectivity index (χ1v) is 3.10. The van der Waals surface area contributed by atoms with E-state index in [2.05, 4.69) is 0 Å². The van der Waals surface area contributed by atoms with Crippen molar-refractivity contribution in [1.82, 2.24) is 0 Å². The Morgan fingerprint density at radius 1 is 0.667 bits per heavy atom. The molecule has 1 rings (SSSR count). The number of hydrogen-bond donors (Lipinski definition) is 0. The molecule has 1 fully saturated rings. The highest BCUT2D eigenvalue weighted by molar-refractivity contribution is 4.77. The second-order valence-electron chi connectivity index (χ2n) is 2.50. The fraction of sp³-hybridized carbons (Fsp3) is 1.00. The normalized spacial score (nSPS) is 45.0. The number of halogens is 3. The molecule has 0 nitrogen and oxygen atoms in total. The van der Waals surface area contributed by atoms with Crippen molar-refractivity contribution in [2.24, 2.45) is 0 Å². The van der Waals surface area contributed by atoms with E-state index in [1.165, 1.54) is 0 Å². The summed E-state index contributed by atoms with van der Waals surface area (Å²) in [4.78, 5) is 0. The SMILES string of the molecule is F[C@H]1C[C@@H](F)C[C@@H](F)C1. The van der Waals surface area contributed by atoms with Crippen LogP contribution in [0.4, 0.5) is 13.2 Å². The molecule has 0 aliphatic heterocycles. The maximum absolute atomic E-state index is 12.2. The predicted molar refractivity (Wildman–Crippen MR) is 28.5 cm³/mol. The van der Waals surface area contributed by atoms with Crippen molar-refractivity contribution in [2.75, 3.05) is 0 Å². The van der Waals surface area contributed by atoms with Crippen LogP contribution in [0.3, 0.4) is 0 Å². The van der Waals surface area contributed by atoms with Gasteiger partial charge in [-0.1, -0.05) is 0 Å². The summed E-state index contributed by atoms with van der Waals surface area (Å²) in [5.74, 6) is 0. The van der Waals surface area contributed by atoms with E-state index < -0.39 is 18.5 Å². The lowest BCUT2D eigenvalue weighted by Gasteiger charge is -2.21. The maximum atomic E-state index is 12.2. The van der Waals surface area contributed by atoms with Crippen LogP contribution in [0, 0.1) is 0 Å². The van der Waals surface area contributed by atoms with Gasteiger partial charge in [-0.25, -0.2) is 13.2 Å². The van der Waals surface area contributed by atoms with Gasteiger partial charge in [0.15, 0.2) is 0 Å². The van der Waals surface area contributed by atoms with Crippen LogP contribution in [-0.2, 0) is 0 Å². The largest absolute Gasteiger partial charge is 0.247 e. The highest BCUT2D eigenvalue weighted by atomic mass is 19.2. The van der Waals surface area contributed by atoms with E-state index in [1.807, 2.05) is 0 Å². The molecule has 0 radical (unpaired) electrons. The van der Waals surface area contributed by atoms with Gasteiger partial charge in [0.1, 0.15) is 18.5 Å². The molecule has 0 spiro atoms. The molecule has 0 aromatic heterocycles. The van der Waals surface area contributed by atoms with E-state index in [9.17, 15) is 13.2 Å². The summed E-state index contributed by atoms with van der Waals surface area (Å²) in [5.41, 5.74) is 0. The van der Waals surface area contributed by atoms with Gasteiger partial charge in [-0.05, 0) is 0 Å². The Labute approximate surface area is 52.1 Å². The fourth-order valence-electron chi connectivity index (χ4n) is 1.12. The van der Waals surface area contributed by atoms with Gasteiger partial charge in [0.2, 0.25) is 0 Å². The van der Waals surface area contributed by atoms with E-state index in [-0.39, 0.29) is 19.3 Å². The summed E-state index contributed by atoms with van der Waals surface area (Å²) in [5, 5.41) is 0. The third kappa shape index (κ3) is 1.88. The van der Waals surface area contributed by atoms with Crippen LogP contribution in [0.2, 0.25) is 0 Å². The standard InChI is InChI=1S/C6H9F3/c7-4-1-5(8)3-6(9)2-4/h4-6H,1-3H2/t4-,5+,6-. The van der Waals surface area contributed by atoms with Crippen molar-refractivity contribution in [1.29, 1.82) is 0 Å². The Morgan fingerprint density at radius 2 is 0.889 bits per heavy atom. The summed E-state index contributed by atoms with van der Waals surface area (Å²) in [6.07, 6.45) is -4.11. The first kappa shape index (κ1) is 6.90. The average Bonchev–Trinajstić information content (AvgIpc) is 1.59. The van der Waals surface area contributed by atoms with Gasteiger partial charge in [0, 0.05) is 19.3 Å². The van der Waals surface area contributed by atoms with Crippen LogP contribution in [0.1, 0.15) is 19.3 Å². The highest BCUT2D eigenvalue weighted by Gasteiger charge is 2.28. The number of hydrogen-bond acceptors (Lipinski definition) is 0. The topological polar surface area (TPSA) is 0 Å². The molecule has 0 atom stereocenters. The number of alkyl halides is 3. The molecule has 1 saturated carbocycles. The molecule has 9 heavy (non-hydrogen) atoms. The Morgan fingerprint density at radius 3 is 1.11 bits per heavy atom. The molecule has 0 heterocycles. The van der Waals surface area contributed by atoms with Crippen LogP contribution < -0.4 is 0 Å². The molecule has 1 aliphatic rings. The number of rotatable bonds is 0. The van der Waals surface area contributed by atoms with Gasteiger partial charge in [0.05, 0.1) is 0 Å². The Kier molecular flexibility index (Phi) is 1.98. The van der Waals surface area contributed by atoms with Gasteiger partial charge in [-0.15, -0.1) is 0 Å². The summed E-state index contributed by atoms with van der Waals surface area (Å²) in [7, 11) is 0. The zero-order valence-electron chi connectivity index (χ0n) is 4.99. The average molecular weight is 138 g/mol. The first-order valence-electron chi connectivity index (χ1n) is 3.10. The van der Waals surface area contributed by atoms with Crippen molar-refractivity contribution in [3.05, 3.63) is 0 Å². The van der Waals surface area contributed by atoms with Gasteiger partial charge < -0.3 is 0 Å². The molecule has 1 aliphatic carbocycles. The molecule has 0 aromatic carbocycles. The van der Waals surface area contributed by atoms with Crippen molar-refractivity contribution in [3.63, 3.8) is 0 Å². The smallest absolute Gasteiger partial charge is 0.106 e. The summed E-state index contributed by atoms with van der Waals surface area (Å²) >= 11 is 0. The van der Waals surface area contributed by atoms with Crippen LogP contribution in [0.25, 0.3) is 0 Å². The molecule has 54 valence electrons. The maximum Gasteiger partial charge on any atom is 0.106 e. The lowest BCUT2D eigenvalue weighted by atomic mass is 9.96. The van der Waals surface area contributed by atoms with E-state index >= 15 is 0 Å². The summed E-state index contributed by atoms with van der Waals surface area (Å²) in [6.45, 7) is 0. The Balaban J connectivity index is 2.34. The van der Waals surface area contributed by atoms with E-state index in [4.69, 9.17) is 0 Å². The molecule has 0 amide bonds. The third-order valence-corrected chi connectivity index (χ3v) is 1.53. The first-order chi connectivity index (χ1) is 4.18. The zero-order chi connectivity index (χ0) is 6.85. The van der Waals surface area contributed by atoms with Gasteiger partial charge in [-0.3, -0.25) is 0 Å². The van der Waals surface area contributed by atoms with Crippen LogP contribution in [-0.4, -0.2) is 18.5 Å².